The van der Waals surface area contributed by atoms with Crippen LogP contribution in [0.5, 0.6) is 0 Å². The minimum Gasteiger partial charge on any atom is -0.308 e. The Kier molecular flexibility index (Phi) is 4.14. The van der Waals surface area contributed by atoms with Crippen molar-refractivity contribution in [3.63, 3.8) is 0 Å². The van der Waals surface area contributed by atoms with Gasteiger partial charge in [0.05, 0.1) is 17.4 Å². The van der Waals surface area contributed by atoms with E-state index in [1.54, 1.807) is 0 Å². The maximum absolute atomic E-state index is 4.52. The molecule has 1 heterocycles. The summed E-state index contributed by atoms with van der Waals surface area (Å²) >= 11 is 0. The quantitative estimate of drug-likeness (QED) is 0.850. The SMILES string of the molecule is CCNC(c1cc(CC)nn1C)C(C)(C)C. The van der Waals surface area contributed by atoms with Crippen molar-refractivity contribution in [2.45, 2.75) is 47.1 Å². The average molecular weight is 223 g/mol. The molecule has 1 atom stereocenters. The second-order valence-corrected chi connectivity index (χ2v) is 5.39. The van der Waals surface area contributed by atoms with E-state index in [0.717, 1.165) is 13.0 Å². The van der Waals surface area contributed by atoms with Gasteiger partial charge in [0.25, 0.3) is 0 Å². The molecule has 92 valence electrons. The van der Waals surface area contributed by atoms with Gasteiger partial charge in [0.1, 0.15) is 0 Å². The Hall–Kier alpha value is -0.830. The lowest BCUT2D eigenvalue weighted by Crippen LogP contribution is -2.33. The van der Waals surface area contributed by atoms with Crippen molar-refractivity contribution in [2.75, 3.05) is 6.54 Å². The minimum absolute atomic E-state index is 0.203. The van der Waals surface area contributed by atoms with Crippen molar-refractivity contribution in [3.8, 4) is 0 Å². The van der Waals surface area contributed by atoms with Crippen LogP contribution in [0.15, 0.2) is 6.07 Å². The van der Waals surface area contributed by atoms with Crippen LogP contribution in [0.3, 0.4) is 0 Å². The smallest absolute Gasteiger partial charge is 0.0625 e. The van der Waals surface area contributed by atoms with Gasteiger partial charge in [-0.05, 0) is 24.4 Å². The van der Waals surface area contributed by atoms with Gasteiger partial charge in [0.2, 0.25) is 0 Å². The van der Waals surface area contributed by atoms with Crippen LogP contribution in [0.1, 0.15) is 52.0 Å². The van der Waals surface area contributed by atoms with E-state index >= 15 is 0 Å². The first-order chi connectivity index (χ1) is 7.40. The molecule has 0 aromatic carbocycles. The fourth-order valence-electron chi connectivity index (χ4n) is 2.04. The summed E-state index contributed by atoms with van der Waals surface area (Å²) in [5.41, 5.74) is 2.66. The summed E-state index contributed by atoms with van der Waals surface area (Å²) in [5.74, 6) is 0. The highest BCUT2D eigenvalue weighted by atomic mass is 15.3. The highest BCUT2D eigenvalue weighted by Gasteiger charge is 2.28. The molecule has 0 spiro atoms. The molecule has 1 N–H and O–H groups in total. The topological polar surface area (TPSA) is 29.9 Å². The van der Waals surface area contributed by atoms with Gasteiger partial charge in [-0.3, -0.25) is 4.68 Å². The molecule has 0 amide bonds. The lowest BCUT2D eigenvalue weighted by atomic mass is 9.84. The van der Waals surface area contributed by atoms with E-state index in [-0.39, 0.29) is 5.41 Å². The molecule has 16 heavy (non-hydrogen) atoms. The molecule has 0 saturated heterocycles. The lowest BCUT2D eigenvalue weighted by molar-refractivity contribution is 0.265. The molecule has 1 rings (SSSR count). The third kappa shape index (κ3) is 2.85. The van der Waals surface area contributed by atoms with Crippen molar-refractivity contribution < 1.29 is 0 Å². The van der Waals surface area contributed by atoms with E-state index in [0.29, 0.717) is 6.04 Å². The number of aryl methyl sites for hydroxylation is 2. The zero-order chi connectivity index (χ0) is 12.3. The van der Waals surface area contributed by atoms with Gasteiger partial charge in [-0.2, -0.15) is 5.10 Å². The zero-order valence-corrected chi connectivity index (χ0v) is 11.5. The molecule has 0 radical (unpaired) electrons. The van der Waals surface area contributed by atoms with Gasteiger partial charge in [-0.1, -0.05) is 34.6 Å². The van der Waals surface area contributed by atoms with E-state index in [9.17, 15) is 0 Å². The summed E-state index contributed by atoms with van der Waals surface area (Å²) in [4.78, 5) is 0. The maximum Gasteiger partial charge on any atom is 0.0625 e. The number of nitrogens with zero attached hydrogens (tertiary/aromatic N) is 2. The number of aromatic nitrogens is 2. The molecule has 1 aromatic rings. The monoisotopic (exact) mass is 223 g/mol. The van der Waals surface area contributed by atoms with Crippen molar-refractivity contribution >= 4 is 0 Å². The summed E-state index contributed by atoms with van der Waals surface area (Å²) in [7, 11) is 2.03. The molecule has 0 aliphatic carbocycles. The van der Waals surface area contributed by atoms with Crippen LogP contribution < -0.4 is 5.32 Å². The van der Waals surface area contributed by atoms with Gasteiger partial charge >= 0.3 is 0 Å². The van der Waals surface area contributed by atoms with Crippen LogP contribution in [-0.4, -0.2) is 16.3 Å². The van der Waals surface area contributed by atoms with Crippen LogP contribution in [0.4, 0.5) is 0 Å². The Morgan fingerprint density at radius 1 is 1.38 bits per heavy atom. The molecule has 0 aliphatic heterocycles. The van der Waals surface area contributed by atoms with Gasteiger partial charge in [-0.25, -0.2) is 0 Å². The van der Waals surface area contributed by atoms with Crippen LogP contribution in [-0.2, 0) is 13.5 Å². The van der Waals surface area contributed by atoms with Gasteiger partial charge in [-0.15, -0.1) is 0 Å². The van der Waals surface area contributed by atoms with Crippen molar-refractivity contribution in [1.29, 1.82) is 0 Å². The maximum atomic E-state index is 4.52. The van der Waals surface area contributed by atoms with Crippen molar-refractivity contribution in [3.05, 3.63) is 17.5 Å². The van der Waals surface area contributed by atoms with E-state index < -0.39 is 0 Å². The molecule has 0 saturated carbocycles. The standard InChI is InChI=1S/C13H25N3/c1-7-10-9-11(16(6)15-10)12(14-8-2)13(3,4)5/h9,12,14H,7-8H2,1-6H3. The minimum atomic E-state index is 0.203. The predicted molar refractivity (Wildman–Crippen MR) is 68.5 cm³/mol. The van der Waals surface area contributed by atoms with Gasteiger partial charge in [0.15, 0.2) is 0 Å². The third-order valence-corrected chi connectivity index (χ3v) is 2.90. The fourth-order valence-corrected chi connectivity index (χ4v) is 2.04. The van der Waals surface area contributed by atoms with Crippen LogP contribution in [0.2, 0.25) is 0 Å². The first kappa shape index (κ1) is 13.2. The Morgan fingerprint density at radius 3 is 2.38 bits per heavy atom. The van der Waals surface area contributed by atoms with Crippen LogP contribution in [0, 0.1) is 5.41 Å². The largest absolute Gasteiger partial charge is 0.308 e. The molecule has 3 heteroatoms. The first-order valence-electron chi connectivity index (χ1n) is 6.16. The Labute approximate surface area is 99.2 Å². The first-order valence-corrected chi connectivity index (χ1v) is 6.16. The van der Waals surface area contributed by atoms with E-state index in [2.05, 4.69) is 51.1 Å². The summed E-state index contributed by atoms with van der Waals surface area (Å²) < 4.78 is 2.01. The van der Waals surface area contributed by atoms with E-state index in [1.807, 2.05) is 11.7 Å². The fraction of sp³-hybridized carbons (Fsp3) is 0.769. The lowest BCUT2D eigenvalue weighted by Gasteiger charge is -2.31. The van der Waals surface area contributed by atoms with E-state index in [4.69, 9.17) is 0 Å². The Morgan fingerprint density at radius 2 is 2.00 bits per heavy atom. The molecule has 1 unspecified atom stereocenters. The summed E-state index contributed by atoms with van der Waals surface area (Å²) in [6, 6.07) is 2.58. The van der Waals surface area contributed by atoms with Gasteiger partial charge < -0.3 is 5.32 Å². The van der Waals surface area contributed by atoms with Crippen molar-refractivity contribution in [1.82, 2.24) is 15.1 Å². The molecule has 3 nitrogen and oxygen atoms in total. The number of nitrogens with one attached hydrogen (secondary N) is 1. The van der Waals surface area contributed by atoms with Crippen molar-refractivity contribution in [2.24, 2.45) is 12.5 Å². The second kappa shape index (κ2) is 5.00. The summed E-state index contributed by atoms with van der Waals surface area (Å²) in [6.45, 7) is 12.1. The van der Waals surface area contributed by atoms with Crippen LogP contribution in [0.25, 0.3) is 0 Å². The van der Waals surface area contributed by atoms with E-state index in [1.165, 1.54) is 11.4 Å². The number of rotatable bonds is 4. The molecular formula is C13H25N3. The van der Waals surface area contributed by atoms with Gasteiger partial charge in [0, 0.05) is 7.05 Å². The van der Waals surface area contributed by atoms with Crippen LogP contribution >= 0.6 is 0 Å². The highest BCUT2D eigenvalue weighted by Crippen LogP contribution is 2.32. The molecule has 1 aromatic heterocycles. The zero-order valence-electron chi connectivity index (χ0n) is 11.5. The number of hydrogen-bond acceptors (Lipinski definition) is 2. The Bertz CT molecular complexity index is 333. The summed E-state index contributed by atoms with van der Waals surface area (Å²) in [5, 5.41) is 8.08. The molecule has 0 fully saturated rings. The number of hydrogen-bond donors (Lipinski definition) is 1. The third-order valence-electron chi connectivity index (χ3n) is 2.90. The highest BCUT2D eigenvalue weighted by molar-refractivity contribution is 5.16. The normalized spacial score (nSPS) is 14.1. The Balaban J connectivity index is 3.05. The summed E-state index contributed by atoms with van der Waals surface area (Å²) in [6.07, 6.45) is 0.997. The predicted octanol–water partition coefficient (Wildman–Crippen LogP) is 2.68. The molecular weight excluding hydrogens is 198 g/mol. The second-order valence-electron chi connectivity index (χ2n) is 5.39. The average Bonchev–Trinajstić information content (AvgIpc) is 2.54. The molecule has 0 aliphatic rings. The molecule has 0 bridgehead atoms.